The highest BCUT2D eigenvalue weighted by Crippen LogP contribution is 2.27. The molecule has 0 fully saturated rings. The first kappa shape index (κ1) is 31.9. The molecule has 2 amide bonds. The highest BCUT2D eigenvalue weighted by molar-refractivity contribution is 7.92. The normalized spacial score (nSPS) is 12.1. The second-order valence-corrected chi connectivity index (χ2v) is 12.1. The first-order chi connectivity index (χ1) is 19.4. The van der Waals surface area contributed by atoms with Gasteiger partial charge in [-0.2, -0.15) is 0 Å². The average Bonchev–Trinajstić information content (AvgIpc) is 2.94. The number of nitrogens with one attached hydrogen (secondary N) is 1. The molecule has 1 atom stereocenters. The number of ether oxygens (including phenoxy) is 1. The minimum absolute atomic E-state index is 0.0253. The van der Waals surface area contributed by atoms with Crippen molar-refractivity contribution >= 4 is 39.1 Å². The molecule has 1 unspecified atom stereocenters. The predicted molar refractivity (Wildman–Crippen MR) is 158 cm³/mol. The summed E-state index contributed by atoms with van der Waals surface area (Å²) in [6.07, 6.45) is 0. The minimum Gasteiger partial charge on any atom is -0.494 e. The zero-order valence-corrected chi connectivity index (χ0v) is 25.1. The van der Waals surface area contributed by atoms with Crippen molar-refractivity contribution in [3.8, 4) is 5.75 Å². The van der Waals surface area contributed by atoms with Gasteiger partial charge in [-0.3, -0.25) is 13.9 Å². The molecule has 1 N–H and O–H groups in total. The van der Waals surface area contributed by atoms with Crippen molar-refractivity contribution in [3.63, 3.8) is 0 Å². The molecule has 0 spiro atoms. The lowest BCUT2D eigenvalue weighted by atomic mass is 10.1. The van der Waals surface area contributed by atoms with Crippen LogP contribution in [-0.4, -0.2) is 50.9 Å². The number of halogens is 2. The van der Waals surface area contributed by atoms with Crippen molar-refractivity contribution in [1.29, 1.82) is 0 Å². The van der Waals surface area contributed by atoms with E-state index in [0.717, 1.165) is 28.6 Å². The van der Waals surface area contributed by atoms with E-state index >= 15 is 0 Å². The van der Waals surface area contributed by atoms with Crippen LogP contribution in [0.4, 0.5) is 10.1 Å². The molecule has 0 aromatic heterocycles. The first-order valence-corrected chi connectivity index (χ1v) is 15.1. The highest BCUT2D eigenvalue weighted by atomic mass is 35.5. The van der Waals surface area contributed by atoms with E-state index in [1.807, 2.05) is 20.8 Å². The number of amides is 2. The molecule has 41 heavy (non-hydrogen) atoms. The van der Waals surface area contributed by atoms with Crippen molar-refractivity contribution in [2.45, 2.75) is 45.2 Å². The maximum Gasteiger partial charge on any atom is 0.264 e. The van der Waals surface area contributed by atoms with E-state index in [4.69, 9.17) is 16.3 Å². The standard InChI is InChI=1S/C30H35ClFN3O5S/c1-5-40-26-14-12-25(13-15-26)35(41(38,39)27-16-10-24(32)11-17-27)20-29(36)34(19-23-8-6-7-9-28(23)31)22(4)30(37)33-18-21(2)3/h6-17,21-22H,5,18-20H2,1-4H3,(H,33,37). The fourth-order valence-corrected chi connectivity index (χ4v) is 5.59. The van der Waals surface area contributed by atoms with E-state index in [0.29, 0.717) is 29.5 Å². The Labute approximate surface area is 246 Å². The van der Waals surface area contributed by atoms with E-state index in [1.54, 1.807) is 43.3 Å². The molecule has 0 radical (unpaired) electrons. The zero-order chi connectivity index (χ0) is 30.2. The third kappa shape index (κ3) is 8.43. The lowest BCUT2D eigenvalue weighted by Gasteiger charge is -2.32. The van der Waals surface area contributed by atoms with Crippen molar-refractivity contribution in [3.05, 3.63) is 89.2 Å². The van der Waals surface area contributed by atoms with Crippen LogP contribution in [0, 0.1) is 11.7 Å². The van der Waals surface area contributed by atoms with Crippen molar-refractivity contribution in [2.75, 3.05) is 24.0 Å². The number of carbonyl (C=O) groups is 2. The summed E-state index contributed by atoms with van der Waals surface area (Å²) in [6, 6.07) is 16.6. The van der Waals surface area contributed by atoms with Gasteiger partial charge in [0.1, 0.15) is 24.2 Å². The summed E-state index contributed by atoms with van der Waals surface area (Å²) < 4.78 is 47.6. The Balaban J connectivity index is 2.03. The summed E-state index contributed by atoms with van der Waals surface area (Å²) in [5.74, 6) is -0.892. The summed E-state index contributed by atoms with van der Waals surface area (Å²) in [4.78, 5) is 28.1. The molecule has 3 rings (SSSR count). The van der Waals surface area contributed by atoms with Gasteiger partial charge in [0.2, 0.25) is 11.8 Å². The third-order valence-corrected chi connectivity index (χ3v) is 8.42. The summed E-state index contributed by atoms with van der Waals surface area (Å²) in [5.41, 5.74) is 0.792. The molecule has 220 valence electrons. The molecule has 0 heterocycles. The van der Waals surface area contributed by atoms with Crippen LogP contribution in [0.5, 0.6) is 5.75 Å². The van der Waals surface area contributed by atoms with Gasteiger partial charge < -0.3 is 15.0 Å². The summed E-state index contributed by atoms with van der Waals surface area (Å²) >= 11 is 6.38. The van der Waals surface area contributed by atoms with Crippen molar-refractivity contribution in [2.24, 2.45) is 5.92 Å². The van der Waals surface area contributed by atoms with Gasteiger partial charge in [-0.1, -0.05) is 43.6 Å². The van der Waals surface area contributed by atoms with Crippen LogP contribution in [0.25, 0.3) is 0 Å². The van der Waals surface area contributed by atoms with E-state index in [9.17, 15) is 22.4 Å². The van der Waals surface area contributed by atoms with Crippen LogP contribution in [0.3, 0.4) is 0 Å². The van der Waals surface area contributed by atoms with Crippen molar-refractivity contribution < 1.29 is 27.1 Å². The fraction of sp³-hybridized carbons (Fsp3) is 0.333. The van der Waals surface area contributed by atoms with Crippen molar-refractivity contribution in [1.82, 2.24) is 10.2 Å². The summed E-state index contributed by atoms with van der Waals surface area (Å²) in [7, 11) is -4.32. The molecule has 3 aromatic rings. The summed E-state index contributed by atoms with van der Waals surface area (Å²) in [6.45, 7) is 7.49. The van der Waals surface area contributed by atoms with E-state index in [-0.39, 0.29) is 29.0 Å². The molecular formula is C30H35ClFN3O5S. The van der Waals surface area contributed by atoms with E-state index in [1.165, 1.54) is 17.0 Å². The second kappa shape index (κ2) is 14.3. The molecule has 8 nitrogen and oxygen atoms in total. The lowest BCUT2D eigenvalue weighted by molar-refractivity contribution is -0.139. The van der Waals surface area contributed by atoms with Gasteiger partial charge in [-0.05, 0) is 79.9 Å². The molecule has 3 aromatic carbocycles. The molecule has 11 heteroatoms. The Morgan fingerprint density at radius 3 is 2.20 bits per heavy atom. The Morgan fingerprint density at radius 2 is 1.61 bits per heavy atom. The Kier molecular flexibility index (Phi) is 11.1. The van der Waals surface area contributed by atoms with Crippen LogP contribution < -0.4 is 14.4 Å². The quantitative estimate of drug-likeness (QED) is 0.287. The molecule has 0 bridgehead atoms. The number of carbonyl (C=O) groups excluding carboxylic acids is 2. The molecular weight excluding hydrogens is 569 g/mol. The number of sulfonamides is 1. The molecule has 0 saturated heterocycles. The van der Waals surface area contributed by atoms with Gasteiger partial charge in [0.05, 0.1) is 17.2 Å². The van der Waals surface area contributed by atoms with Crippen LogP contribution in [-0.2, 0) is 26.2 Å². The largest absolute Gasteiger partial charge is 0.494 e. The van der Waals surface area contributed by atoms with Gasteiger partial charge in [-0.25, -0.2) is 12.8 Å². The predicted octanol–water partition coefficient (Wildman–Crippen LogP) is 5.26. The van der Waals surface area contributed by atoms with Gasteiger partial charge >= 0.3 is 0 Å². The molecule has 0 aliphatic rings. The number of nitrogens with zero attached hydrogens (tertiary/aromatic N) is 2. The third-order valence-electron chi connectivity index (χ3n) is 6.27. The van der Waals surface area contributed by atoms with Crippen LogP contribution in [0.15, 0.2) is 77.7 Å². The second-order valence-electron chi connectivity index (χ2n) is 9.82. The van der Waals surface area contributed by atoms with E-state index < -0.39 is 34.3 Å². The zero-order valence-electron chi connectivity index (χ0n) is 23.5. The monoisotopic (exact) mass is 603 g/mol. The van der Waals surface area contributed by atoms with E-state index in [2.05, 4.69) is 5.32 Å². The highest BCUT2D eigenvalue weighted by Gasteiger charge is 2.33. The number of hydrogen-bond acceptors (Lipinski definition) is 5. The first-order valence-electron chi connectivity index (χ1n) is 13.3. The number of benzene rings is 3. The van der Waals surface area contributed by atoms with Crippen LogP contribution in [0.2, 0.25) is 5.02 Å². The Bertz CT molecular complexity index is 1430. The van der Waals surface area contributed by atoms with Gasteiger partial charge in [0.25, 0.3) is 10.0 Å². The van der Waals surface area contributed by atoms with Gasteiger partial charge in [0, 0.05) is 18.1 Å². The van der Waals surface area contributed by atoms with Gasteiger partial charge in [-0.15, -0.1) is 0 Å². The SMILES string of the molecule is CCOc1ccc(N(CC(=O)N(Cc2ccccc2Cl)C(C)C(=O)NCC(C)C)S(=O)(=O)c2ccc(F)cc2)cc1. The topological polar surface area (TPSA) is 96.0 Å². The Hall–Kier alpha value is -3.63. The number of rotatable bonds is 13. The fourth-order valence-electron chi connectivity index (χ4n) is 3.98. The van der Waals surface area contributed by atoms with Gasteiger partial charge in [0.15, 0.2) is 0 Å². The maximum atomic E-state index is 13.9. The lowest BCUT2D eigenvalue weighted by Crippen LogP contribution is -2.51. The molecule has 0 aliphatic heterocycles. The Morgan fingerprint density at radius 1 is 0.976 bits per heavy atom. The summed E-state index contributed by atoms with van der Waals surface area (Å²) in [5, 5.41) is 3.24. The van der Waals surface area contributed by atoms with Crippen LogP contribution >= 0.6 is 11.6 Å². The number of anilines is 1. The smallest absolute Gasteiger partial charge is 0.264 e. The van der Waals surface area contributed by atoms with Crippen LogP contribution in [0.1, 0.15) is 33.3 Å². The molecule has 0 saturated carbocycles. The molecule has 0 aliphatic carbocycles. The average molecular weight is 604 g/mol. The minimum atomic E-state index is -4.32. The maximum absolute atomic E-state index is 13.9. The number of hydrogen-bond donors (Lipinski definition) is 1.